The lowest BCUT2D eigenvalue weighted by molar-refractivity contribution is -0.150. The molecule has 0 spiro atoms. The normalized spacial score (nSPS) is 19.6. The number of carbonyl (C=O) groups excluding carboxylic acids is 4. The Morgan fingerprint density at radius 1 is 1.35 bits per heavy atom. The molecule has 1 aromatic rings. The summed E-state index contributed by atoms with van der Waals surface area (Å²) in [5.41, 5.74) is 1.65. The molecule has 1 fully saturated rings. The molecule has 182 valence electrons. The zero-order chi connectivity index (χ0) is 24.8. The van der Waals surface area contributed by atoms with E-state index in [1.807, 2.05) is 5.48 Å². The Balaban J connectivity index is 1.73. The molecule has 1 aromatic heterocycles. The second-order valence-corrected chi connectivity index (χ2v) is 7.92. The van der Waals surface area contributed by atoms with Gasteiger partial charge in [-0.2, -0.15) is 0 Å². The van der Waals surface area contributed by atoms with Crippen molar-refractivity contribution in [2.45, 2.75) is 18.3 Å². The van der Waals surface area contributed by atoms with Gasteiger partial charge in [-0.1, -0.05) is 5.16 Å². The highest BCUT2D eigenvalue weighted by molar-refractivity contribution is 8.00. The summed E-state index contributed by atoms with van der Waals surface area (Å²) in [6.07, 6.45) is 1.29. The van der Waals surface area contributed by atoms with Gasteiger partial charge in [-0.3, -0.25) is 28.9 Å². The number of nitrogens with zero attached hydrogens (tertiary/aromatic N) is 2. The van der Waals surface area contributed by atoms with E-state index >= 15 is 0 Å². The number of fused-ring (bicyclic) bond motifs is 1. The number of hydrogen-bond acceptors (Lipinski definition) is 11. The lowest BCUT2D eigenvalue weighted by Crippen LogP contribution is -2.71. The number of rotatable bonds is 10. The average molecular weight is 496 g/mol. The number of nitrogens with one attached hydrogen (secondary N) is 2. The first-order valence-corrected chi connectivity index (χ1v) is 10.7. The van der Waals surface area contributed by atoms with Gasteiger partial charge in [0.25, 0.3) is 17.7 Å². The quantitative estimate of drug-likeness (QED) is 0.156. The van der Waals surface area contributed by atoms with Crippen LogP contribution in [0.15, 0.2) is 39.2 Å². The number of hydrogen-bond donors (Lipinski definition) is 3. The third-order valence-corrected chi connectivity index (χ3v) is 5.86. The van der Waals surface area contributed by atoms with Crippen molar-refractivity contribution in [3.05, 3.63) is 35.4 Å². The molecule has 0 aliphatic carbocycles. The second-order valence-electron chi connectivity index (χ2n) is 6.82. The van der Waals surface area contributed by atoms with E-state index in [9.17, 15) is 29.1 Å². The molecule has 3 heterocycles. The van der Waals surface area contributed by atoms with Gasteiger partial charge in [-0.15, -0.1) is 11.8 Å². The van der Waals surface area contributed by atoms with E-state index in [2.05, 4.69) is 15.3 Å². The molecule has 0 radical (unpaired) electrons. The van der Waals surface area contributed by atoms with E-state index in [-0.39, 0.29) is 35.1 Å². The van der Waals surface area contributed by atoms with E-state index in [1.165, 1.54) is 44.2 Å². The number of hydroxylamine groups is 1. The van der Waals surface area contributed by atoms with Crippen molar-refractivity contribution in [3.8, 4) is 0 Å². The third-order valence-electron chi connectivity index (χ3n) is 4.52. The lowest BCUT2D eigenvalue weighted by atomic mass is 10.0. The maximum Gasteiger partial charge on any atom is 0.352 e. The fraction of sp³-hybridized carbons (Fsp3) is 0.368. The molecule has 0 saturated carbocycles. The zero-order valence-corrected chi connectivity index (χ0v) is 18.7. The van der Waals surface area contributed by atoms with Crippen LogP contribution in [0.2, 0.25) is 0 Å². The molecule has 2 aliphatic rings. The molecular formula is C19H20N4O10S. The molecular weight excluding hydrogens is 476 g/mol. The first kappa shape index (κ1) is 24.8. The highest BCUT2D eigenvalue weighted by atomic mass is 32.2. The van der Waals surface area contributed by atoms with Gasteiger partial charge in [-0.25, -0.2) is 10.3 Å². The van der Waals surface area contributed by atoms with E-state index in [1.54, 1.807) is 0 Å². The number of thioether (sulfide) groups is 1. The number of carboxylic acids is 1. The standard InChI is InChI=1S/C19H20N4O10S/c1-9(24)32-6-10-8-34-18-14(17(27)23(18)15(10)19(28)29)20-16(26)13(11-4-3-5-31-11)22-33-7-12(25)21-30-2/h3-5,14,18H,6-8H2,1-2H3,(H,20,26)(H,21,25)(H,28,29)/t14-,18-/m1/s1. The lowest BCUT2D eigenvalue weighted by Gasteiger charge is -2.49. The maximum atomic E-state index is 12.9. The van der Waals surface area contributed by atoms with Crippen LogP contribution in [0.1, 0.15) is 12.7 Å². The number of esters is 1. The summed E-state index contributed by atoms with van der Waals surface area (Å²) in [7, 11) is 1.23. The van der Waals surface area contributed by atoms with Gasteiger partial charge in [-0.05, 0) is 12.1 Å². The van der Waals surface area contributed by atoms with Crippen molar-refractivity contribution in [1.82, 2.24) is 15.7 Å². The number of carbonyl (C=O) groups is 5. The molecule has 3 rings (SSSR count). The molecule has 0 bridgehead atoms. The van der Waals surface area contributed by atoms with Gasteiger partial charge < -0.3 is 24.4 Å². The van der Waals surface area contributed by atoms with Gasteiger partial charge in [0.15, 0.2) is 12.4 Å². The summed E-state index contributed by atoms with van der Waals surface area (Å²) in [4.78, 5) is 70.2. The number of ether oxygens (including phenoxy) is 1. The van der Waals surface area contributed by atoms with Crippen LogP contribution < -0.4 is 10.8 Å². The minimum Gasteiger partial charge on any atom is -0.477 e. The Morgan fingerprint density at radius 3 is 2.74 bits per heavy atom. The van der Waals surface area contributed by atoms with Crippen LogP contribution in [0.5, 0.6) is 0 Å². The van der Waals surface area contributed by atoms with Gasteiger partial charge in [0.05, 0.1) is 13.4 Å². The molecule has 1 saturated heterocycles. The number of oxime groups is 1. The van der Waals surface area contributed by atoms with Gasteiger partial charge in [0.1, 0.15) is 23.7 Å². The van der Waals surface area contributed by atoms with Crippen LogP contribution in [0.25, 0.3) is 0 Å². The van der Waals surface area contributed by atoms with E-state index in [0.29, 0.717) is 0 Å². The van der Waals surface area contributed by atoms with Gasteiger partial charge in [0, 0.05) is 18.2 Å². The minimum absolute atomic E-state index is 0.0133. The summed E-state index contributed by atoms with van der Waals surface area (Å²) in [6, 6.07) is 1.87. The maximum absolute atomic E-state index is 12.9. The number of aliphatic carboxylic acids is 1. The minimum atomic E-state index is -1.36. The van der Waals surface area contributed by atoms with Crippen LogP contribution in [-0.2, 0) is 38.4 Å². The van der Waals surface area contributed by atoms with Crippen molar-refractivity contribution in [3.63, 3.8) is 0 Å². The number of carboxylic acid groups (broad SMARTS) is 1. The zero-order valence-electron chi connectivity index (χ0n) is 17.9. The van der Waals surface area contributed by atoms with Crippen molar-refractivity contribution >= 4 is 47.1 Å². The number of amides is 3. The van der Waals surface area contributed by atoms with Gasteiger partial charge >= 0.3 is 11.9 Å². The Labute approximate surface area is 196 Å². The highest BCUT2D eigenvalue weighted by Crippen LogP contribution is 2.40. The topological polar surface area (TPSA) is 186 Å². The van der Waals surface area contributed by atoms with Crippen molar-refractivity contribution in [2.24, 2.45) is 5.16 Å². The Kier molecular flexibility index (Phi) is 7.91. The number of furan rings is 1. The molecule has 2 aliphatic heterocycles. The van der Waals surface area contributed by atoms with E-state index in [0.717, 1.165) is 4.90 Å². The Morgan fingerprint density at radius 2 is 2.12 bits per heavy atom. The molecule has 2 atom stereocenters. The summed E-state index contributed by atoms with van der Waals surface area (Å²) >= 11 is 1.20. The molecule has 0 unspecified atom stereocenters. The first-order valence-electron chi connectivity index (χ1n) is 9.64. The molecule has 34 heavy (non-hydrogen) atoms. The molecule has 14 nitrogen and oxygen atoms in total. The fourth-order valence-corrected chi connectivity index (χ4v) is 4.43. The summed E-state index contributed by atoms with van der Waals surface area (Å²) in [5, 5.41) is 15.0. The van der Waals surface area contributed by atoms with Crippen molar-refractivity contribution < 1.29 is 47.9 Å². The third kappa shape index (κ3) is 5.37. The predicted molar refractivity (Wildman–Crippen MR) is 113 cm³/mol. The Bertz CT molecular complexity index is 1050. The Hall–Kier alpha value is -3.85. The predicted octanol–water partition coefficient (Wildman–Crippen LogP) is -1.02. The van der Waals surface area contributed by atoms with Crippen LogP contribution >= 0.6 is 11.8 Å². The second kappa shape index (κ2) is 10.8. The van der Waals surface area contributed by atoms with Crippen LogP contribution in [0, 0.1) is 0 Å². The van der Waals surface area contributed by atoms with Crippen molar-refractivity contribution in [1.29, 1.82) is 0 Å². The smallest absolute Gasteiger partial charge is 0.352 e. The largest absolute Gasteiger partial charge is 0.477 e. The summed E-state index contributed by atoms with van der Waals surface area (Å²) in [5.74, 6) is -3.92. The SMILES string of the molecule is CONC(=O)CON=C(C(=O)N[C@@H]1C(=O)N2C(C(=O)O)=C(COC(C)=O)CS[C@H]12)c1ccco1. The molecule has 15 heteroatoms. The van der Waals surface area contributed by atoms with E-state index < -0.39 is 47.7 Å². The molecule has 3 N–H and O–H groups in total. The monoisotopic (exact) mass is 496 g/mol. The highest BCUT2D eigenvalue weighted by Gasteiger charge is 2.54. The van der Waals surface area contributed by atoms with Crippen molar-refractivity contribution in [2.75, 3.05) is 26.1 Å². The number of β-lactam (4-membered cyclic amide) rings is 1. The molecule has 3 amide bonds. The van der Waals surface area contributed by atoms with Gasteiger partial charge in [0.2, 0.25) is 5.71 Å². The van der Waals surface area contributed by atoms with Crippen LogP contribution in [0.4, 0.5) is 0 Å². The summed E-state index contributed by atoms with van der Waals surface area (Å²) in [6.45, 7) is 0.366. The summed E-state index contributed by atoms with van der Waals surface area (Å²) < 4.78 is 10.1. The molecule has 0 aromatic carbocycles. The van der Waals surface area contributed by atoms with E-state index in [4.69, 9.17) is 14.0 Å². The van der Waals surface area contributed by atoms with Crippen LogP contribution in [-0.4, -0.2) is 82.9 Å². The first-order chi connectivity index (χ1) is 16.2. The van der Waals surface area contributed by atoms with Crippen LogP contribution in [0.3, 0.4) is 0 Å². The average Bonchev–Trinajstić information content (AvgIpc) is 3.32. The fourth-order valence-electron chi connectivity index (χ4n) is 3.10.